The van der Waals surface area contributed by atoms with Gasteiger partial charge in [-0.1, -0.05) is 43.6 Å². The Hall–Kier alpha value is -3.52. The number of aromatic nitrogens is 2. The summed E-state index contributed by atoms with van der Waals surface area (Å²) >= 11 is 6.28. The number of carbonyl (C=O) groups excluding carboxylic acids is 2. The quantitative estimate of drug-likeness (QED) is 0.380. The van der Waals surface area contributed by atoms with Crippen molar-refractivity contribution in [3.63, 3.8) is 0 Å². The van der Waals surface area contributed by atoms with Crippen molar-refractivity contribution in [1.82, 2.24) is 10.2 Å². The lowest BCUT2D eigenvalue weighted by molar-refractivity contribution is 0.0996. The molecule has 0 radical (unpaired) electrons. The number of urea groups is 1. The molecule has 0 aliphatic rings. The summed E-state index contributed by atoms with van der Waals surface area (Å²) in [4.78, 5) is 23.7. The molecule has 0 bridgehead atoms. The number of H-pyrrole nitrogens is 1. The molecule has 0 fully saturated rings. The Morgan fingerprint density at radius 1 is 1.13 bits per heavy atom. The minimum atomic E-state index is -0.620. The lowest BCUT2D eigenvalue weighted by Gasteiger charge is -2.12. The number of nitrogens with one attached hydrogen (secondary N) is 4. The number of amides is 3. The molecule has 1 aromatic heterocycles. The highest BCUT2D eigenvalue weighted by Crippen LogP contribution is 2.26. The van der Waals surface area contributed by atoms with E-state index in [1.54, 1.807) is 18.3 Å². The number of nitrogens with two attached hydrogens (primary N) is 1. The molecule has 2 aromatic carbocycles. The third kappa shape index (κ3) is 5.30. The zero-order chi connectivity index (χ0) is 21.7. The Bertz CT molecular complexity index is 1060. The molecule has 3 rings (SSSR count). The number of hydrogen-bond acceptors (Lipinski definition) is 4. The standard InChI is InChI=1S/C21H23ClN6O2/c1-12(2)14-6-7-17(16(22)9-14)27-21(30)26-15-5-3-4-13(8-15)10-24-18-11-25-28-19(18)20(23)29/h3-9,11-12,24H,10H2,1-2H3,(H2,23,29)(H,25,28)(H2,26,27,30). The number of rotatable bonds is 7. The van der Waals surface area contributed by atoms with E-state index in [1.807, 2.05) is 30.3 Å². The third-order valence-electron chi connectivity index (χ3n) is 4.45. The zero-order valence-corrected chi connectivity index (χ0v) is 17.4. The molecule has 3 amide bonds. The number of nitrogens with zero attached hydrogens (tertiary/aromatic N) is 1. The van der Waals surface area contributed by atoms with Crippen molar-refractivity contribution in [2.75, 3.05) is 16.0 Å². The van der Waals surface area contributed by atoms with Crippen LogP contribution in [0.1, 0.15) is 41.4 Å². The van der Waals surface area contributed by atoms with Gasteiger partial charge in [0.15, 0.2) is 5.69 Å². The molecule has 0 saturated carbocycles. The van der Waals surface area contributed by atoms with Gasteiger partial charge in [0.1, 0.15) is 0 Å². The van der Waals surface area contributed by atoms with Crippen LogP contribution in [0.5, 0.6) is 0 Å². The Balaban J connectivity index is 1.61. The molecular weight excluding hydrogens is 404 g/mol. The molecule has 30 heavy (non-hydrogen) atoms. The highest BCUT2D eigenvalue weighted by Gasteiger charge is 2.11. The van der Waals surface area contributed by atoms with Crippen molar-refractivity contribution >= 4 is 40.6 Å². The van der Waals surface area contributed by atoms with E-state index in [-0.39, 0.29) is 5.69 Å². The molecule has 0 unspecified atom stereocenters. The van der Waals surface area contributed by atoms with Crippen molar-refractivity contribution in [3.05, 3.63) is 70.5 Å². The average Bonchev–Trinajstić information content (AvgIpc) is 3.17. The van der Waals surface area contributed by atoms with Gasteiger partial charge in [0.05, 0.1) is 16.4 Å². The van der Waals surface area contributed by atoms with E-state index in [9.17, 15) is 9.59 Å². The van der Waals surface area contributed by atoms with Crippen LogP contribution in [0.4, 0.5) is 21.9 Å². The Kier molecular flexibility index (Phi) is 6.58. The van der Waals surface area contributed by atoms with Gasteiger partial charge in [-0.2, -0.15) is 5.10 Å². The summed E-state index contributed by atoms with van der Waals surface area (Å²) in [5, 5.41) is 15.5. The molecule has 0 spiro atoms. The number of carbonyl (C=O) groups is 2. The summed E-state index contributed by atoms with van der Waals surface area (Å²) in [5.41, 5.74) is 9.08. The summed E-state index contributed by atoms with van der Waals surface area (Å²) in [6, 6.07) is 12.5. The van der Waals surface area contributed by atoms with Crippen LogP contribution in [-0.2, 0) is 6.54 Å². The van der Waals surface area contributed by atoms with Gasteiger partial charge in [0.25, 0.3) is 5.91 Å². The topological polar surface area (TPSA) is 125 Å². The van der Waals surface area contributed by atoms with Crippen LogP contribution in [0.2, 0.25) is 5.02 Å². The monoisotopic (exact) mass is 426 g/mol. The van der Waals surface area contributed by atoms with Crippen LogP contribution in [0.3, 0.4) is 0 Å². The predicted octanol–water partition coefficient (Wildman–Crippen LogP) is 4.54. The molecule has 0 saturated heterocycles. The van der Waals surface area contributed by atoms with Gasteiger partial charge in [-0.15, -0.1) is 0 Å². The van der Waals surface area contributed by atoms with Crippen molar-refractivity contribution < 1.29 is 9.59 Å². The second kappa shape index (κ2) is 9.32. The van der Waals surface area contributed by atoms with Crippen LogP contribution in [0, 0.1) is 0 Å². The molecule has 6 N–H and O–H groups in total. The fourth-order valence-electron chi connectivity index (χ4n) is 2.85. The highest BCUT2D eigenvalue weighted by atomic mass is 35.5. The van der Waals surface area contributed by atoms with Crippen molar-refractivity contribution in [3.8, 4) is 0 Å². The maximum Gasteiger partial charge on any atom is 0.323 e. The van der Waals surface area contributed by atoms with E-state index in [0.29, 0.717) is 34.5 Å². The first-order valence-electron chi connectivity index (χ1n) is 9.37. The first kappa shape index (κ1) is 21.2. The van der Waals surface area contributed by atoms with Gasteiger partial charge in [0, 0.05) is 18.4 Å². The van der Waals surface area contributed by atoms with Gasteiger partial charge >= 0.3 is 6.03 Å². The highest BCUT2D eigenvalue weighted by molar-refractivity contribution is 6.33. The van der Waals surface area contributed by atoms with Gasteiger partial charge in [-0.25, -0.2) is 4.79 Å². The third-order valence-corrected chi connectivity index (χ3v) is 4.76. The van der Waals surface area contributed by atoms with Crippen LogP contribution >= 0.6 is 11.6 Å². The smallest absolute Gasteiger partial charge is 0.323 e. The second-order valence-electron chi connectivity index (χ2n) is 7.04. The normalized spacial score (nSPS) is 10.7. The minimum absolute atomic E-state index is 0.143. The second-order valence-corrected chi connectivity index (χ2v) is 7.45. The Morgan fingerprint density at radius 3 is 2.63 bits per heavy atom. The van der Waals surface area contributed by atoms with E-state index in [1.165, 1.54) is 0 Å². The van der Waals surface area contributed by atoms with E-state index in [2.05, 4.69) is 40.0 Å². The molecule has 0 aliphatic carbocycles. The summed E-state index contributed by atoms with van der Waals surface area (Å²) in [7, 11) is 0. The van der Waals surface area contributed by atoms with Gasteiger partial charge in [-0.3, -0.25) is 9.89 Å². The summed E-state index contributed by atoms with van der Waals surface area (Å²) < 4.78 is 0. The number of benzene rings is 2. The maximum atomic E-state index is 12.4. The number of aromatic amines is 1. The molecule has 9 heteroatoms. The average molecular weight is 427 g/mol. The van der Waals surface area contributed by atoms with Crippen LogP contribution in [0.25, 0.3) is 0 Å². The van der Waals surface area contributed by atoms with Crippen LogP contribution in [0.15, 0.2) is 48.7 Å². The molecule has 156 valence electrons. The molecule has 8 nitrogen and oxygen atoms in total. The lowest BCUT2D eigenvalue weighted by Crippen LogP contribution is -2.19. The van der Waals surface area contributed by atoms with Crippen molar-refractivity contribution in [2.24, 2.45) is 5.73 Å². The van der Waals surface area contributed by atoms with Crippen LogP contribution < -0.4 is 21.7 Å². The number of hydrogen-bond donors (Lipinski definition) is 5. The largest absolute Gasteiger partial charge is 0.378 e. The predicted molar refractivity (Wildman–Crippen MR) is 119 cm³/mol. The Morgan fingerprint density at radius 2 is 1.93 bits per heavy atom. The number of primary amides is 1. The van der Waals surface area contributed by atoms with Crippen molar-refractivity contribution in [1.29, 1.82) is 0 Å². The molecule has 3 aromatic rings. The van der Waals surface area contributed by atoms with Gasteiger partial charge in [0.2, 0.25) is 0 Å². The number of halogens is 1. The molecule has 1 heterocycles. The van der Waals surface area contributed by atoms with Crippen molar-refractivity contribution in [2.45, 2.75) is 26.3 Å². The molecule has 0 atom stereocenters. The molecular formula is C21H23ClN6O2. The zero-order valence-electron chi connectivity index (χ0n) is 16.6. The minimum Gasteiger partial charge on any atom is -0.378 e. The number of anilines is 3. The maximum absolute atomic E-state index is 12.4. The van der Waals surface area contributed by atoms with E-state index < -0.39 is 11.9 Å². The Labute approximate surface area is 179 Å². The van der Waals surface area contributed by atoms with Gasteiger partial charge < -0.3 is 21.7 Å². The first-order chi connectivity index (χ1) is 14.3. The summed E-state index contributed by atoms with van der Waals surface area (Å²) in [5.74, 6) is -0.270. The summed E-state index contributed by atoms with van der Waals surface area (Å²) in [6.07, 6.45) is 1.56. The van der Waals surface area contributed by atoms with E-state index in [4.69, 9.17) is 17.3 Å². The fourth-order valence-corrected chi connectivity index (χ4v) is 3.08. The SMILES string of the molecule is CC(C)c1ccc(NC(=O)Nc2cccc(CNc3c[nH]nc3C(N)=O)c2)c(Cl)c1. The van der Waals surface area contributed by atoms with E-state index >= 15 is 0 Å². The first-order valence-corrected chi connectivity index (χ1v) is 9.75. The molecule has 0 aliphatic heterocycles. The summed E-state index contributed by atoms with van der Waals surface area (Å²) in [6.45, 7) is 4.57. The lowest BCUT2D eigenvalue weighted by atomic mass is 10.0. The fraction of sp³-hybridized carbons (Fsp3) is 0.190. The van der Waals surface area contributed by atoms with Gasteiger partial charge in [-0.05, 0) is 41.3 Å². The van der Waals surface area contributed by atoms with E-state index in [0.717, 1.165) is 11.1 Å². The van der Waals surface area contributed by atoms with Crippen LogP contribution in [-0.4, -0.2) is 22.1 Å².